The van der Waals surface area contributed by atoms with Gasteiger partial charge in [0.2, 0.25) is 0 Å². The Morgan fingerprint density at radius 1 is 1.14 bits per heavy atom. The predicted octanol–water partition coefficient (Wildman–Crippen LogP) is 6.96. The van der Waals surface area contributed by atoms with Crippen molar-refractivity contribution in [3.8, 4) is 6.07 Å². The van der Waals surface area contributed by atoms with Gasteiger partial charge in [0.25, 0.3) is 0 Å². The van der Waals surface area contributed by atoms with Gasteiger partial charge in [-0.1, -0.05) is 45.8 Å². The fourth-order valence-electron chi connectivity index (χ4n) is 7.94. The van der Waals surface area contributed by atoms with Crippen molar-refractivity contribution in [2.24, 2.45) is 34.0 Å². The lowest BCUT2D eigenvalue weighted by molar-refractivity contribution is -0.0904. The smallest absolute Gasteiger partial charge is 0.0652 e. The molecule has 0 aromatic rings. The van der Waals surface area contributed by atoms with Crippen LogP contribution in [0.3, 0.4) is 0 Å². The summed E-state index contributed by atoms with van der Waals surface area (Å²) in [4.78, 5) is 0. The maximum atomic E-state index is 10.7. The molecular weight excluding hydrogens is 354 g/mol. The van der Waals surface area contributed by atoms with Gasteiger partial charge in [0, 0.05) is 5.92 Å². The second-order valence-electron chi connectivity index (χ2n) is 11.8. The van der Waals surface area contributed by atoms with Crippen LogP contribution in [0.4, 0.5) is 0 Å². The monoisotopic (exact) mass is 395 g/mol. The second-order valence-corrected chi connectivity index (χ2v) is 11.8. The Kier molecular flexibility index (Phi) is 5.30. The summed E-state index contributed by atoms with van der Waals surface area (Å²) in [6.45, 7) is 11.7. The van der Waals surface area contributed by atoms with E-state index in [9.17, 15) is 5.11 Å². The van der Waals surface area contributed by atoms with Crippen LogP contribution in [0, 0.1) is 45.3 Å². The van der Waals surface area contributed by atoms with Crippen LogP contribution in [0.15, 0.2) is 22.8 Å². The molecule has 29 heavy (non-hydrogen) atoms. The van der Waals surface area contributed by atoms with E-state index in [-0.39, 0.29) is 22.9 Å². The number of aliphatic hydroxyl groups is 1. The SMILES string of the molecule is CC(C#N)CCC[C@H]1CC=C2C3=C(CC[C@@]21C)[C@@]1(C)CC[C@H](O)C(C)(C)C1CC3. The molecule has 0 aromatic carbocycles. The summed E-state index contributed by atoms with van der Waals surface area (Å²) >= 11 is 0. The molecule has 1 N–H and O–H groups in total. The minimum absolute atomic E-state index is 0.0241. The van der Waals surface area contributed by atoms with E-state index in [2.05, 4.69) is 46.8 Å². The molecule has 2 nitrogen and oxygen atoms in total. The highest BCUT2D eigenvalue weighted by atomic mass is 16.3. The molecule has 1 fully saturated rings. The van der Waals surface area contributed by atoms with Crippen molar-refractivity contribution < 1.29 is 5.11 Å². The molecule has 4 aliphatic rings. The Labute approximate surface area is 178 Å². The molecule has 0 radical (unpaired) electrons. The number of nitriles is 1. The molecule has 0 aromatic heterocycles. The second kappa shape index (κ2) is 7.26. The lowest BCUT2D eigenvalue weighted by atomic mass is 9.46. The fraction of sp³-hybridized carbons (Fsp3) is 0.815. The molecule has 0 aliphatic heterocycles. The number of hydrogen-bond donors (Lipinski definition) is 1. The minimum atomic E-state index is -0.150. The van der Waals surface area contributed by atoms with Crippen LogP contribution in [0.25, 0.3) is 0 Å². The average molecular weight is 396 g/mol. The van der Waals surface area contributed by atoms with E-state index in [1.807, 2.05) is 0 Å². The molecule has 0 heterocycles. The Morgan fingerprint density at radius 2 is 1.90 bits per heavy atom. The standard InChI is InChI=1S/C27H41NO/c1-18(17-28)7-6-8-19-9-11-21-20-10-12-23-25(2,3)24(29)14-16-27(23,5)22(20)13-15-26(19,21)4/h11,18-19,23-24,29H,6-10,12-16H2,1-5H3/t18?,19-,23?,24-,26+,27+/m0/s1. The van der Waals surface area contributed by atoms with E-state index >= 15 is 0 Å². The first-order valence-electron chi connectivity index (χ1n) is 12.2. The zero-order valence-corrected chi connectivity index (χ0v) is 19.4. The van der Waals surface area contributed by atoms with Gasteiger partial charge in [0.1, 0.15) is 0 Å². The summed E-state index contributed by atoms with van der Waals surface area (Å²) in [5.41, 5.74) is 5.82. The van der Waals surface area contributed by atoms with Gasteiger partial charge in [-0.05, 0) is 104 Å². The van der Waals surface area contributed by atoms with E-state index < -0.39 is 0 Å². The molecule has 0 bridgehead atoms. The van der Waals surface area contributed by atoms with Crippen LogP contribution in [0.2, 0.25) is 0 Å². The predicted molar refractivity (Wildman–Crippen MR) is 119 cm³/mol. The molecule has 160 valence electrons. The van der Waals surface area contributed by atoms with Crippen LogP contribution >= 0.6 is 0 Å². The fourth-order valence-corrected chi connectivity index (χ4v) is 7.94. The highest BCUT2D eigenvalue weighted by molar-refractivity contribution is 5.49. The van der Waals surface area contributed by atoms with Crippen molar-refractivity contribution >= 4 is 0 Å². The van der Waals surface area contributed by atoms with Crippen molar-refractivity contribution in [2.45, 2.75) is 105 Å². The van der Waals surface area contributed by atoms with Gasteiger partial charge in [-0.15, -0.1) is 0 Å². The first kappa shape index (κ1) is 21.2. The topological polar surface area (TPSA) is 44.0 Å². The molecule has 2 heteroatoms. The molecule has 0 saturated heterocycles. The summed E-state index contributed by atoms with van der Waals surface area (Å²) in [5, 5.41) is 19.8. The Bertz CT molecular complexity index is 768. The molecule has 0 amide bonds. The number of hydrogen-bond acceptors (Lipinski definition) is 2. The van der Waals surface area contributed by atoms with E-state index in [0.717, 1.165) is 25.2 Å². The molecule has 6 atom stereocenters. The van der Waals surface area contributed by atoms with Crippen molar-refractivity contribution in [2.75, 3.05) is 0 Å². The lowest BCUT2D eigenvalue weighted by Gasteiger charge is -2.59. The van der Waals surface area contributed by atoms with Crippen molar-refractivity contribution in [1.82, 2.24) is 0 Å². The summed E-state index contributed by atoms with van der Waals surface area (Å²) in [6.07, 6.45) is 14.3. The number of nitrogens with zero attached hydrogens (tertiary/aromatic N) is 1. The van der Waals surface area contributed by atoms with Crippen LogP contribution in [-0.4, -0.2) is 11.2 Å². The molecule has 0 spiro atoms. The lowest BCUT2D eigenvalue weighted by Crippen LogP contribution is -2.53. The molecule has 4 aliphatic carbocycles. The van der Waals surface area contributed by atoms with Gasteiger partial charge in [-0.3, -0.25) is 0 Å². The summed E-state index contributed by atoms with van der Waals surface area (Å²) in [7, 11) is 0. The number of rotatable bonds is 4. The number of allylic oxidation sites excluding steroid dienone is 4. The van der Waals surface area contributed by atoms with Gasteiger partial charge in [0.05, 0.1) is 12.2 Å². The zero-order chi connectivity index (χ0) is 21.0. The molecule has 4 rings (SSSR count). The Hall–Kier alpha value is -1.07. The first-order chi connectivity index (χ1) is 13.6. The highest BCUT2D eigenvalue weighted by Gasteiger charge is 2.56. The highest BCUT2D eigenvalue weighted by Crippen LogP contribution is 2.66. The van der Waals surface area contributed by atoms with Gasteiger partial charge >= 0.3 is 0 Å². The third-order valence-electron chi connectivity index (χ3n) is 9.95. The van der Waals surface area contributed by atoms with E-state index in [1.54, 1.807) is 16.7 Å². The molecule has 1 saturated carbocycles. The van der Waals surface area contributed by atoms with Crippen molar-refractivity contribution in [1.29, 1.82) is 5.26 Å². The molecular formula is C27H41NO. The number of aliphatic hydroxyl groups excluding tert-OH is 1. The van der Waals surface area contributed by atoms with Crippen LogP contribution in [0.1, 0.15) is 98.8 Å². The van der Waals surface area contributed by atoms with Crippen LogP contribution < -0.4 is 0 Å². The number of fused-ring (bicyclic) bond motifs is 4. The average Bonchev–Trinajstić information content (AvgIpc) is 3.01. The van der Waals surface area contributed by atoms with Gasteiger partial charge < -0.3 is 5.11 Å². The third kappa shape index (κ3) is 3.15. The van der Waals surface area contributed by atoms with Gasteiger partial charge in [0.15, 0.2) is 0 Å². The van der Waals surface area contributed by atoms with Gasteiger partial charge in [-0.2, -0.15) is 5.26 Å². The Balaban J connectivity index is 1.58. The maximum absolute atomic E-state index is 10.7. The summed E-state index contributed by atoms with van der Waals surface area (Å²) in [5.74, 6) is 1.55. The first-order valence-corrected chi connectivity index (χ1v) is 12.2. The summed E-state index contributed by atoms with van der Waals surface area (Å²) in [6, 6.07) is 2.40. The van der Waals surface area contributed by atoms with E-state index in [1.165, 1.54) is 44.9 Å². The van der Waals surface area contributed by atoms with Crippen molar-refractivity contribution in [3.05, 3.63) is 22.8 Å². The Morgan fingerprint density at radius 3 is 2.62 bits per heavy atom. The third-order valence-corrected chi connectivity index (χ3v) is 9.95. The van der Waals surface area contributed by atoms with Crippen LogP contribution in [-0.2, 0) is 0 Å². The minimum Gasteiger partial charge on any atom is -0.393 e. The maximum Gasteiger partial charge on any atom is 0.0652 e. The van der Waals surface area contributed by atoms with E-state index in [4.69, 9.17) is 5.26 Å². The zero-order valence-electron chi connectivity index (χ0n) is 19.4. The largest absolute Gasteiger partial charge is 0.393 e. The summed E-state index contributed by atoms with van der Waals surface area (Å²) < 4.78 is 0. The quantitative estimate of drug-likeness (QED) is 0.559. The van der Waals surface area contributed by atoms with Crippen LogP contribution in [0.5, 0.6) is 0 Å². The normalized spacial score (nSPS) is 41.7. The van der Waals surface area contributed by atoms with Crippen molar-refractivity contribution in [3.63, 3.8) is 0 Å². The molecule has 2 unspecified atom stereocenters. The van der Waals surface area contributed by atoms with Gasteiger partial charge in [-0.25, -0.2) is 0 Å². The van der Waals surface area contributed by atoms with E-state index in [0.29, 0.717) is 11.3 Å².